The Morgan fingerprint density at radius 3 is 2.42 bits per heavy atom. The molecule has 0 spiro atoms. The van der Waals surface area contributed by atoms with Gasteiger partial charge in [-0.2, -0.15) is 5.10 Å². The van der Waals surface area contributed by atoms with Crippen LogP contribution in [0, 0.1) is 0 Å². The molecule has 2 heterocycles. The summed E-state index contributed by atoms with van der Waals surface area (Å²) in [5.74, 6) is -0.189. The first-order valence-electron chi connectivity index (χ1n) is 9.07. The van der Waals surface area contributed by atoms with Crippen LogP contribution < -0.4 is 10.2 Å². The van der Waals surface area contributed by atoms with Crippen LogP contribution in [0.15, 0.2) is 60.7 Å². The van der Waals surface area contributed by atoms with E-state index in [9.17, 15) is 4.79 Å². The standard InChI is InChI=1S/C21H22N4O/c26-21(20-15-19(23-24-20)16-7-3-1-4-8-16)22-17-9-11-18(12-10-17)25-13-5-2-6-14-25/h1,3-4,7-12,15H,2,5-6,13-14H2,(H,22,26)(H,23,24). The summed E-state index contributed by atoms with van der Waals surface area (Å²) in [4.78, 5) is 14.9. The molecule has 0 saturated carbocycles. The molecule has 5 nitrogen and oxygen atoms in total. The number of carbonyl (C=O) groups is 1. The number of amides is 1. The van der Waals surface area contributed by atoms with E-state index in [4.69, 9.17) is 0 Å². The Morgan fingerprint density at radius 2 is 1.69 bits per heavy atom. The van der Waals surface area contributed by atoms with E-state index in [2.05, 4.69) is 32.5 Å². The fourth-order valence-corrected chi connectivity index (χ4v) is 3.30. The Bertz CT molecular complexity index is 865. The molecule has 1 fully saturated rings. The first kappa shape index (κ1) is 16.4. The highest BCUT2D eigenvalue weighted by Crippen LogP contribution is 2.22. The van der Waals surface area contributed by atoms with Crippen LogP contribution in [0.1, 0.15) is 29.8 Å². The van der Waals surface area contributed by atoms with E-state index in [0.717, 1.165) is 30.0 Å². The lowest BCUT2D eigenvalue weighted by Gasteiger charge is -2.28. The van der Waals surface area contributed by atoms with Gasteiger partial charge in [0, 0.05) is 30.0 Å². The lowest BCUT2D eigenvalue weighted by molar-refractivity contribution is 0.102. The topological polar surface area (TPSA) is 61.0 Å². The molecule has 5 heteroatoms. The predicted octanol–water partition coefficient (Wildman–Crippen LogP) is 4.32. The summed E-state index contributed by atoms with van der Waals surface area (Å²) in [7, 11) is 0. The summed E-state index contributed by atoms with van der Waals surface area (Å²) in [6.45, 7) is 2.23. The monoisotopic (exact) mass is 346 g/mol. The molecule has 1 saturated heterocycles. The number of piperidine rings is 1. The summed E-state index contributed by atoms with van der Waals surface area (Å²) in [6.07, 6.45) is 3.82. The molecular formula is C21H22N4O. The minimum Gasteiger partial charge on any atom is -0.372 e. The molecule has 1 aromatic heterocycles. The minimum atomic E-state index is -0.189. The molecule has 0 radical (unpaired) electrons. The number of aromatic amines is 1. The Hall–Kier alpha value is -3.08. The Balaban J connectivity index is 1.42. The quantitative estimate of drug-likeness (QED) is 0.739. The smallest absolute Gasteiger partial charge is 0.273 e. The third-order valence-electron chi connectivity index (χ3n) is 4.74. The summed E-state index contributed by atoms with van der Waals surface area (Å²) in [5, 5.41) is 9.97. The van der Waals surface area contributed by atoms with Crippen molar-refractivity contribution in [2.24, 2.45) is 0 Å². The number of rotatable bonds is 4. The van der Waals surface area contributed by atoms with Crippen LogP contribution in [-0.4, -0.2) is 29.2 Å². The first-order chi connectivity index (χ1) is 12.8. The highest BCUT2D eigenvalue weighted by molar-refractivity contribution is 6.03. The van der Waals surface area contributed by atoms with Gasteiger partial charge < -0.3 is 10.2 Å². The molecular weight excluding hydrogens is 324 g/mol. The Morgan fingerprint density at radius 1 is 0.962 bits per heavy atom. The second kappa shape index (κ2) is 7.44. The summed E-state index contributed by atoms with van der Waals surface area (Å²) in [5.41, 5.74) is 4.19. The number of carbonyl (C=O) groups excluding carboxylic acids is 1. The molecule has 26 heavy (non-hydrogen) atoms. The third-order valence-corrected chi connectivity index (χ3v) is 4.74. The molecule has 4 rings (SSSR count). The van der Waals surface area contributed by atoms with Gasteiger partial charge in [-0.1, -0.05) is 30.3 Å². The van der Waals surface area contributed by atoms with E-state index >= 15 is 0 Å². The SMILES string of the molecule is O=C(Nc1ccc(N2CCCCC2)cc1)c1cc(-c2ccccc2)n[nH]1. The normalized spacial score (nSPS) is 14.2. The lowest BCUT2D eigenvalue weighted by atomic mass is 10.1. The van der Waals surface area contributed by atoms with E-state index in [0.29, 0.717) is 5.69 Å². The van der Waals surface area contributed by atoms with Crippen LogP contribution in [0.25, 0.3) is 11.3 Å². The molecule has 0 atom stereocenters. The zero-order valence-corrected chi connectivity index (χ0v) is 14.6. The third kappa shape index (κ3) is 3.61. The van der Waals surface area contributed by atoms with E-state index in [1.165, 1.54) is 24.9 Å². The van der Waals surface area contributed by atoms with Gasteiger partial charge in [0.05, 0.1) is 5.69 Å². The van der Waals surface area contributed by atoms with Crippen molar-refractivity contribution in [1.82, 2.24) is 10.2 Å². The number of hydrogen-bond donors (Lipinski definition) is 2. The number of nitrogens with one attached hydrogen (secondary N) is 2. The fraction of sp³-hybridized carbons (Fsp3) is 0.238. The molecule has 3 aromatic rings. The summed E-state index contributed by atoms with van der Waals surface area (Å²) < 4.78 is 0. The Labute approximate surface area is 153 Å². The van der Waals surface area contributed by atoms with Gasteiger partial charge in [-0.3, -0.25) is 9.89 Å². The van der Waals surface area contributed by atoms with E-state index in [1.54, 1.807) is 6.07 Å². The number of benzene rings is 2. The van der Waals surface area contributed by atoms with E-state index in [1.807, 2.05) is 42.5 Å². The van der Waals surface area contributed by atoms with Gasteiger partial charge in [-0.25, -0.2) is 0 Å². The molecule has 1 aliphatic rings. The molecule has 1 amide bonds. The Kier molecular flexibility index (Phi) is 4.69. The van der Waals surface area contributed by atoms with Gasteiger partial charge in [0.15, 0.2) is 0 Å². The molecule has 2 aromatic carbocycles. The van der Waals surface area contributed by atoms with Crippen molar-refractivity contribution in [3.05, 3.63) is 66.4 Å². The van der Waals surface area contributed by atoms with Gasteiger partial charge in [-0.15, -0.1) is 0 Å². The summed E-state index contributed by atoms with van der Waals surface area (Å²) >= 11 is 0. The maximum Gasteiger partial charge on any atom is 0.273 e. The number of anilines is 2. The lowest BCUT2D eigenvalue weighted by Crippen LogP contribution is -2.29. The van der Waals surface area contributed by atoms with E-state index in [-0.39, 0.29) is 5.91 Å². The minimum absolute atomic E-state index is 0.189. The average molecular weight is 346 g/mol. The van der Waals surface area contributed by atoms with Crippen LogP contribution in [0.3, 0.4) is 0 Å². The molecule has 2 N–H and O–H groups in total. The maximum absolute atomic E-state index is 12.5. The van der Waals surface area contributed by atoms with Crippen LogP contribution >= 0.6 is 0 Å². The van der Waals surface area contributed by atoms with Crippen molar-refractivity contribution in [3.8, 4) is 11.3 Å². The molecule has 0 aliphatic carbocycles. The first-order valence-corrected chi connectivity index (χ1v) is 9.07. The van der Waals surface area contributed by atoms with Gasteiger partial charge in [0.2, 0.25) is 0 Å². The number of H-pyrrole nitrogens is 1. The number of nitrogens with zero attached hydrogens (tertiary/aromatic N) is 2. The predicted molar refractivity (Wildman–Crippen MR) is 104 cm³/mol. The van der Waals surface area contributed by atoms with E-state index < -0.39 is 0 Å². The van der Waals surface area contributed by atoms with Crippen molar-refractivity contribution < 1.29 is 4.79 Å². The van der Waals surface area contributed by atoms with Crippen molar-refractivity contribution in [3.63, 3.8) is 0 Å². The number of aromatic nitrogens is 2. The molecule has 1 aliphatic heterocycles. The van der Waals surface area contributed by atoms with Crippen molar-refractivity contribution in [2.75, 3.05) is 23.3 Å². The van der Waals surface area contributed by atoms with Crippen LogP contribution in [0.4, 0.5) is 11.4 Å². The fourth-order valence-electron chi connectivity index (χ4n) is 3.30. The second-order valence-electron chi connectivity index (χ2n) is 6.58. The number of hydrogen-bond acceptors (Lipinski definition) is 3. The van der Waals surface area contributed by atoms with Gasteiger partial charge in [-0.05, 0) is 49.6 Å². The van der Waals surface area contributed by atoms with Crippen LogP contribution in [0.2, 0.25) is 0 Å². The summed E-state index contributed by atoms with van der Waals surface area (Å²) in [6, 6.07) is 19.6. The highest BCUT2D eigenvalue weighted by atomic mass is 16.1. The van der Waals surface area contributed by atoms with Crippen LogP contribution in [0.5, 0.6) is 0 Å². The van der Waals surface area contributed by atoms with Crippen molar-refractivity contribution >= 4 is 17.3 Å². The molecule has 0 unspecified atom stereocenters. The highest BCUT2D eigenvalue weighted by Gasteiger charge is 2.13. The van der Waals surface area contributed by atoms with Crippen molar-refractivity contribution in [2.45, 2.75) is 19.3 Å². The largest absolute Gasteiger partial charge is 0.372 e. The average Bonchev–Trinajstić information content (AvgIpc) is 3.20. The van der Waals surface area contributed by atoms with Crippen LogP contribution in [-0.2, 0) is 0 Å². The zero-order chi connectivity index (χ0) is 17.8. The maximum atomic E-state index is 12.5. The zero-order valence-electron chi connectivity index (χ0n) is 14.6. The molecule has 0 bridgehead atoms. The van der Waals surface area contributed by atoms with Gasteiger partial charge >= 0.3 is 0 Å². The van der Waals surface area contributed by atoms with Gasteiger partial charge in [0.1, 0.15) is 5.69 Å². The van der Waals surface area contributed by atoms with Gasteiger partial charge in [0.25, 0.3) is 5.91 Å². The second-order valence-corrected chi connectivity index (χ2v) is 6.58. The van der Waals surface area contributed by atoms with Crippen molar-refractivity contribution in [1.29, 1.82) is 0 Å². The molecule has 132 valence electrons.